The lowest BCUT2D eigenvalue weighted by Gasteiger charge is -2.26. The molecule has 8 nitrogen and oxygen atoms in total. The van der Waals surface area contributed by atoms with Crippen molar-refractivity contribution in [2.45, 2.75) is 347 Å². The SMILES string of the molecule is CC/C=C\C/C=C\C/C=C\C/C=C\C/C=C\C/C=C\C/C=C\CCCCCCCCCCCCCC(=O)NC(COP(=O)(O)OCC[N+](C)(C)C)C(O)CCCCCCCCCCCCCCCCCCCCCCCCCCCCCCC. The smallest absolute Gasteiger partial charge is 0.391 e. The number of carbonyl (C=O) groups is 1. The first-order valence-corrected chi connectivity index (χ1v) is 37.4. The third kappa shape index (κ3) is 67.2. The van der Waals surface area contributed by atoms with E-state index in [0.29, 0.717) is 23.9 Å². The summed E-state index contributed by atoms with van der Waals surface area (Å²) in [6, 6.07) is -0.769. The van der Waals surface area contributed by atoms with Crippen molar-refractivity contribution >= 4 is 13.7 Å². The van der Waals surface area contributed by atoms with Crippen molar-refractivity contribution in [1.29, 1.82) is 0 Å². The molecule has 0 heterocycles. The van der Waals surface area contributed by atoms with Gasteiger partial charge in [-0.15, -0.1) is 0 Å². The average Bonchev–Trinajstić information content (AvgIpc) is 3.56. The Balaban J connectivity index is 4.06. The lowest BCUT2D eigenvalue weighted by Crippen LogP contribution is -2.46. The number of nitrogens with zero attached hydrogens (tertiary/aromatic N) is 1. The largest absolute Gasteiger partial charge is 0.472 e. The van der Waals surface area contributed by atoms with Crippen LogP contribution in [-0.4, -0.2) is 73.4 Å². The molecule has 0 aliphatic carbocycles. The van der Waals surface area contributed by atoms with E-state index in [2.05, 4.69) is 104 Å². The van der Waals surface area contributed by atoms with Crippen LogP contribution in [-0.2, 0) is 18.4 Å². The number of phosphoric ester groups is 1. The number of carbonyl (C=O) groups excluding carboxylic acids is 1. The van der Waals surface area contributed by atoms with E-state index in [9.17, 15) is 19.4 Å². The number of hydrogen-bond donors (Lipinski definition) is 3. The van der Waals surface area contributed by atoms with Crippen molar-refractivity contribution in [3.63, 3.8) is 0 Å². The Morgan fingerprint density at radius 3 is 1.05 bits per heavy atom. The summed E-state index contributed by atoms with van der Waals surface area (Å²) in [5.74, 6) is -0.146. The van der Waals surface area contributed by atoms with Crippen LogP contribution in [0.25, 0.3) is 0 Å². The van der Waals surface area contributed by atoms with Gasteiger partial charge in [0.2, 0.25) is 5.91 Å². The van der Waals surface area contributed by atoms with Crippen molar-refractivity contribution in [2.75, 3.05) is 40.9 Å². The fraction of sp³-hybridized carbons (Fsp3) is 0.800. The number of rotatable bonds is 66. The molecule has 0 aliphatic rings. The number of nitrogens with one attached hydrogen (secondary N) is 1. The molecule has 3 atom stereocenters. The van der Waals surface area contributed by atoms with Crippen LogP contribution in [0.3, 0.4) is 0 Å². The van der Waals surface area contributed by atoms with Gasteiger partial charge in [0.15, 0.2) is 0 Å². The maximum atomic E-state index is 13.1. The topological polar surface area (TPSA) is 105 Å². The van der Waals surface area contributed by atoms with E-state index in [1.54, 1.807) is 0 Å². The molecule has 3 unspecified atom stereocenters. The lowest BCUT2D eigenvalue weighted by atomic mass is 10.0. The van der Waals surface area contributed by atoms with Crippen molar-refractivity contribution in [2.24, 2.45) is 0 Å². The van der Waals surface area contributed by atoms with E-state index < -0.39 is 20.0 Å². The van der Waals surface area contributed by atoms with Crippen molar-refractivity contribution in [1.82, 2.24) is 5.32 Å². The van der Waals surface area contributed by atoms with Gasteiger partial charge in [0.05, 0.1) is 39.9 Å². The molecule has 0 radical (unpaired) electrons. The second kappa shape index (κ2) is 65.1. The van der Waals surface area contributed by atoms with Crippen LogP contribution in [0.4, 0.5) is 0 Å². The van der Waals surface area contributed by atoms with Crippen LogP contribution in [0.2, 0.25) is 0 Å². The fourth-order valence-corrected chi connectivity index (χ4v) is 11.4. The third-order valence-corrected chi connectivity index (χ3v) is 17.1. The van der Waals surface area contributed by atoms with Gasteiger partial charge < -0.3 is 19.8 Å². The number of phosphoric acid groups is 1. The van der Waals surface area contributed by atoms with Crippen molar-refractivity contribution in [3.8, 4) is 0 Å². The van der Waals surface area contributed by atoms with Crippen LogP contribution >= 0.6 is 7.82 Å². The molecule has 9 heteroatoms. The number of unbranched alkanes of at least 4 members (excludes halogenated alkanes) is 39. The predicted octanol–water partition coefficient (Wildman–Crippen LogP) is 23.1. The first kappa shape index (κ1) is 81.7. The van der Waals surface area contributed by atoms with Gasteiger partial charge in [-0.25, -0.2) is 4.57 Å². The van der Waals surface area contributed by atoms with E-state index in [1.165, 1.54) is 225 Å². The minimum Gasteiger partial charge on any atom is -0.391 e. The third-order valence-electron chi connectivity index (χ3n) is 16.2. The van der Waals surface area contributed by atoms with Crippen molar-refractivity contribution < 1.29 is 32.9 Å². The van der Waals surface area contributed by atoms with Crippen LogP contribution in [0, 0.1) is 0 Å². The Labute approximate surface area is 522 Å². The molecular weight excluding hydrogens is 1060 g/mol. The molecule has 0 aromatic heterocycles. The molecule has 0 spiro atoms. The van der Waals surface area contributed by atoms with Crippen LogP contribution in [0.1, 0.15) is 335 Å². The maximum Gasteiger partial charge on any atom is 0.472 e. The monoisotopic (exact) mass is 1200 g/mol. The Kier molecular flexibility index (Phi) is 63.3. The minimum atomic E-state index is -4.34. The lowest BCUT2D eigenvalue weighted by molar-refractivity contribution is -0.870. The minimum absolute atomic E-state index is 0.0717. The van der Waals surface area contributed by atoms with E-state index in [4.69, 9.17) is 9.05 Å². The van der Waals surface area contributed by atoms with Gasteiger partial charge in [0.1, 0.15) is 13.2 Å². The standard InChI is InChI=1S/C75H139N2O6P/c1-6-8-10-12-14-16-18-20-22-24-26-28-30-32-34-36-37-38-39-41-43-45-47-49-51-53-55-57-59-61-63-65-67-69-75(79)76-73(72-83-84(80,81)82-71-70-77(3,4)5)74(78)68-66-64-62-60-58-56-54-52-50-48-46-44-42-40-35-33-31-29-27-25-23-21-19-17-15-13-11-9-7-2/h8,10,14,16,20,22,26,28,32,34,37-38,41,43,73-74,78H,6-7,9,11-13,15,17-19,21,23-25,27,29-31,33,35-36,39-40,42,44-72H2,1-5H3,(H-,76,79,80,81)/p+1/b10-8-,16-14-,22-20-,28-26-,34-32-,38-37-,43-41-. The van der Waals surface area contributed by atoms with E-state index in [-0.39, 0.29) is 19.1 Å². The molecule has 1 amide bonds. The summed E-state index contributed by atoms with van der Waals surface area (Å²) < 4.78 is 23.9. The van der Waals surface area contributed by atoms with Crippen LogP contribution in [0.5, 0.6) is 0 Å². The molecule has 490 valence electrons. The van der Waals surface area contributed by atoms with E-state index >= 15 is 0 Å². The second-order valence-electron chi connectivity index (χ2n) is 25.6. The normalized spacial score (nSPS) is 14.1. The van der Waals surface area contributed by atoms with Crippen LogP contribution in [0.15, 0.2) is 85.1 Å². The number of quaternary nitrogens is 1. The van der Waals surface area contributed by atoms with Gasteiger partial charge in [-0.2, -0.15) is 0 Å². The number of hydrogen-bond acceptors (Lipinski definition) is 5. The summed E-state index contributed by atoms with van der Waals surface area (Å²) in [6.07, 6.45) is 92.6. The highest BCUT2D eigenvalue weighted by atomic mass is 31.2. The predicted molar refractivity (Wildman–Crippen MR) is 369 cm³/mol. The highest BCUT2D eigenvalue weighted by molar-refractivity contribution is 7.47. The highest BCUT2D eigenvalue weighted by Crippen LogP contribution is 2.43. The van der Waals surface area contributed by atoms with E-state index in [1.807, 2.05) is 21.1 Å². The molecule has 0 aromatic carbocycles. The van der Waals surface area contributed by atoms with Crippen molar-refractivity contribution in [3.05, 3.63) is 85.1 Å². The summed E-state index contributed by atoms with van der Waals surface area (Å²) in [6.45, 7) is 4.81. The molecule has 0 bridgehead atoms. The number of aliphatic hydroxyl groups is 1. The maximum absolute atomic E-state index is 13.1. The van der Waals surface area contributed by atoms with Crippen LogP contribution < -0.4 is 5.32 Å². The summed E-state index contributed by atoms with van der Waals surface area (Å²) in [7, 11) is 1.62. The Bertz CT molecular complexity index is 1650. The van der Waals surface area contributed by atoms with E-state index in [0.717, 1.165) is 83.5 Å². The molecule has 0 fully saturated rings. The van der Waals surface area contributed by atoms with Gasteiger partial charge in [-0.3, -0.25) is 13.8 Å². The average molecular weight is 1200 g/mol. The summed E-state index contributed by atoms with van der Waals surface area (Å²) in [4.78, 5) is 23.5. The fourth-order valence-electron chi connectivity index (χ4n) is 10.6. The molecule has 3 N–H and O–H groups in total. The quantitative estimate of drug-likeness (QED) is 0.0243. The number of aliphatic hydroxyl groups excluding tert-OH is 1. The number of allylic oxidation sites excluding steroid dienone is 14. The molecule has 0 aromatic rings. The first-order valence-electron chi connectivity index (χ1n) is 36.0. The molecule has 84 heavy (non-hydrogen) atoms. The zero-order chi connectivity index (χ0) is 61.2. The molecule has 0 rings (SSSR count). The van der Waals surface area contributed by atoms with Gasteiger partial charge in [-0.1, -0.05) is 343 Å². The highest BCUT2D eigenvalue weighted by Gasteiger charge is 2.28. The molecule has 0 aliphatic heterocycles. The van der Waals surface area contributed by atoms with Gasteiger partial charge in [0.25, 0.3) is 0 Å². The molecule has 0 saturated carbocycles. The Morgan fingerprint density at radius 1 is 0.417 bits per heavy atom. The Hall–Kier alpha value is -2.32. The number of likely N-dealkylation sites (N-methyl/N-ethyl adjacent to an activating group) is 1. The zero-order valence-electron chi connectivity index (χ0n) is 56.1. The molecular formula is C75H140N2O6P+. The van der Waals surface area contributed by atoms with Gasteiger partial charge in [-0.05, 0) is 70.6 Å². The van der Waals surface area contributed by atoms with Gasteiger partial charge in [0, 0.05) is 6.42 Å². The first-order chi connectivity index (χ1) is 41.0. The number of amides is 1. The second-order valence-corrected chi connectivity index (χ2v) is 27.0. The summed E-state index contributed by atoms with van der Waals surface area (Å²) in [5.41, 5.74) is 0. The summed E-state index contributed by atoms with van der Waals surface area (Å²) >= 11 is 0. The summed E-state index contributed by atoms with van der Waals surface area (Å²) in [5, 5.41) is 14.2. The Morgan fingerprint density at radius 2 is 0.714 bits per heavy atom. The van der Waals surface area contributed by atoms with Gasteiger partial charge >= 0.3 is 7.82 Å². The zero-order valence-corrected chi connectivity index (χ0v) is 57.0. The molecule has 0 saturated heterocycles.